The van der Waals surface area contributed by atoms with Gasteiger partial charge in [-0.05, 0) is 31.8 Å². The average Bonchev–Trinajstić information content (AvgIpc) is 2.25. The molecule has 0 aromatic carbocycles. The molecule has 0 saturated heterocycles. The lowest BCUT2D eigenvalue weighted by atomic mass is 9.77. The van der Waals surface area contributed by atoms with Gasteiger partial charge in [-0.25, -0.2) is 0 Å². The van der Waals surface area contributed by atoms with Gasteiger partial charge in [-0.1, -0.05) is 32.4 Å². The van der Waals surface area contributed by atoms with E-state index in [0.717, 1.165) is 17.7 Å². The molecule has 0 bridgehead atoms. The molecule has 0 atom stereocenters. The van der Waals surface area contributed by atoms with E-state index in [1.165, 1.54) is 6.21 Å². The standard InChI is InChI=1S/C17H25NO2/c1-6-7-12(2)8-13(3)18-11-14-15(19)9-17(4,5)10-16(14)20/h7-8,11,19H,6,9-10H2,1-5H3/b12-7-,13-8+,18-11?. The largest absolute Gasteiger partial charge is 0.511 e. The van der Waals surface area contributed by atoms with Crippen LogP contribution in [0.3, 0.4) is 0 Å². The van der Waals surface area contributed by atoms with Crippen molar-refractivity contribution in [1.82, 2.24) is 0 Å². The monoisotopic (exact) mass is 275 g/mol. The zero-order valence-corrected chi connectivity index (χ0v) is 13.2. The number of Topliss-reactive ketones (excluding diaryl/α,β-unsaturated/α-hetero) is 1. The third-order valence-electron chi connectivity index (χ3n) is 3.26. The highest BCUT2D eigenvalue weighted by atomic mass is 16.3. The molecule has 0 aromatic rings. The van der Waals surface area contributed by atoms with E-state index in [4.69, 9.17) is 0 Å². The Morgan fingerprint density at radius 3 is 2.55 bits per heavy atom. The van der Waals surface area contributed by atoms with Gasteiger partial charge in [-0.15, -0.1) is 0 Å². The van der Waals surface area contributed by atoms with Crippen LogP contribution in [0.2, 0.25) is 0 Å². The third-order valence-corrected chi connectivity index (χ3v) is 3.26. The van der Waals surface area contributed by atoms with Gasteiger partial charge >= 0.3 is 0 Å². The van der Waals surface area contributed by atoms with Gasteiger partial charge in [0.25, 0.3) is 0 Å². The van der Waals surface area contributed by atoms with E-state index in [9.17, 15) is 9.90 Å². The Morgan fingerprint density at radius 1 is 1.35 bits per heavy atom. The van der Waals surface area contributed by atoms with Crippen LogP contribution in [-0.4, -0.2) is 17.1 Å². The molecule has 0 aromatic heterocycles. The highest BCUT2D eigenvalue weighted by molar-refractivity contribution is 6.14. The molecule has 3 nitrogen and oxygen atoms in total. The zero-order valence-electron chi connectivity index (χ0n) is 13.2. The lowest BCUT2D eigenvalue weighted by Gasteiger charge is -2.28. The quantitative estimate of drug-likeness (QED) is 0.606. The van der Waals surface area contributed by atoms with Crippen molar-refractivity contribution in [3.8, 4) is 0 Å². The summed E-state index contributed by atoms with van der Waals surface area (Å²) >= 11 is 0. The number of hydrogen-bond acceptors (Lipinski definition) is 3. The molecule has 0 spiro atoms. The molecule has 20 heavy (non-hydrogen) atoms. The molecule has 1 N–H and O–H groups in total. The van der Waals surface area contributed by atoms with Gasteiger partial charge in [-0.2, -0.15) is 0 Å². The molecule has 1 aliphatic rings. The molecule has 1 rings (SSSR count). The fourth-order valence-corrected chi connectivity index (χ4v) is 2.36. The van der Waals surface area contributed by atoms with Crippen molar-refractivity contribution in [2.45, 2.75) is 53.9 Å². The van der Waals surface area contributed by atoms with Crippen LogP contribution in [0.4, 0.5) is 0 Å². The lowest BCUT2D eigenvalue weighted by molar-refractivity contribution is -0.117. The summed E-state index contributed by atoms with van der Waals surface area (Å²) < 4.78 is 0. The van der Waals surface area contributed by atoms with Crippen molar-refractivity contribution in [3.63, 3.8) is 0 Å². The van der Waals surface area contributed by atoms with Crippen LogP contribution in [-0.2, 0) is 4.79 Å². The summed E-state index contributed by atoms with van der Waals surface area (Å²) in [5.74, 6) is 0.125. The van der Waals surface area contributed by atoms with Crippen LogP contribution >= 0.6 is 0 Å². The second-order valence-electron chi connectivity index (χ2n) is 6.20. The summed E-state index contributed by atoms with van der Waals surface area (Å²) in [5, 5.41) is 9.99. The van der Waals surface area contributed by atoms with Crippen molar-refractivity contribution in [2.24, 2.45) is 10.4 Å². The molecule has 0 amide bonds. The Balaban J connectivity index is 2.90. The highest BCUT2D eigenvalue weighted by Gasteiger charge is 2.32. The summed E-state index contributed by atoms with van der Waals surface area (Å²) in [4.78, 5) is 16.3. The first-order valence-electron chi connectivity index (χ1n) is 7.09. The Hall–Kier alpha value is -1.64. The topological polar surface area (TPSA) is 49.7 Å². The van der Waals surface area contributed by atoms with Gasteiger partial charge in [0.05, 0.1) is 5.57 Å². The van der Waals surface area contributed by atoms with E-state index < -0.39 is 0 Å². The van der Waals surface area contributed by atoms with Gasteiger partial charge < -0.3 is 5.11 Å². The van der Waals surface area contributed by atoms with Gasteiger partial charge in [0, 0.05) is 24.8 Å². The smallest absolute Gasteiger partial charge is 0.168 e. The number of aliphatic imine (C=N–C) groups is 1. The zero-order chi connectivity index (χ0) is 15.3. The van der Waals surface area contributed by atoms with Crippen LogP contribution < -0.4 is 0 Å². The molecular weight excluding hydrogens is 250 g/mol. The fourth-order valence-electron chi connectivity index (χ4n) is 2.36. The summed E-state index contributed by atoms with van der Waals surface area (Å²) in [6, 6.07) is 0. The van der Waals surface area contributed by atoms with Crippen LogP contribution in [0.15, 0.2) is 39.7 Å². The van der Waals surface area contributed by atoms with E-state index >= 15 is 0 Å². The molecule has 0 aliphatic heterocycles. The van der Waals surface area contributed by atoms with Gasteiger partial charge in [-0.3, -0.25) is 9.79 Å². The van der Waals surface area contributed by atoms with Crippen molar-refractivity contribution in [3.05, 3.63) is 34.8 Å². The number of carbonyl (C=O) groups is 1. The molecule has 110 valence electrons. The Bertz CT molecular complexity index is 505. The van der Waals surface area contributed by atoms with E-state index in [-0.39, 0.29) is 17.0 Å². The molecular formula is C17H25NO2. The molecule has 0 unspecified atom stereocenters. The summed E-state index contributed by atoms with van der Waals surface area (Å²) in [5.41, 5.74) is 2.17. The Labute approximate surface area is 121 Å². The summed E-state index contributed by atoms with van der Waals surface area (Å²) in [7, 11) is 0. The minimum absolute atomic E-state index is 0.0314. The summed E-state index contributed by atoms with van der Waals surface area (Å²) in [6.07, 6.45) is 7.54. The first-order valence-corrected chi connectivity index (χ1v) is 7.09. The number of aliphatic hydroxyl groups is 1. The van der Waals surface area contributed by atoms with Gasteiger partial charge in [0.2, 0.25) is 0 Å². The number of rotatable bonds is 4. The molecule has 1 aliphatic carbocycles. The number of aliphatic hydroxyl groups excluding tert-OH is 1. The SMILES string of the molecule is CC/C=C(C)\C=C(/C)N=CC1=C(O)CC(C)(C)CC1=O. The van der Waals surface area contributed by atoms with Crippen molar-refractivity contribution < 1.29 is 9.90 Å². The first kappa shape index (κ1) is 16.4. The minimum atomic E-state index is -0.163. The van der Waals surface area contributed by atoms with Crippen LogP contribution in [0.25, 0.3) is 0 Å². The predicted molar refractivity (Wildman–Crippen MR) is 84.0 cm³/mol. The maximum absolute atomic E-state index is 12.0. The fraction of sp³-hybridized carbons (Fsp3) is 0.529. The number of carbonyl (C=O) groups excluding carboxylic acids is 1. The van der Waals surface area contributed by atoms with E-state index in [1.54, 1.807) is 0 Å². The minimum Gasteiger partial charge on any atom is -0.511 e. The van der Waals surface area contributed by atoms with Crippen LogP contribution in [0.1, 0.15) is 53.9 Å². The molecule has 0 heterocycles. The van der Waals surface area contributed by atoms with Gasteiger partial charge in [0.1, 0.15) is 5.76 Å². The maximum Gasteiger partial charge on any atom is 0.168 e. The van der Waals surface area contributed by atoms with E-state index in [0.29, 0.717) is 18.4 Å². The highest BCUT2D eigenvalue weighted by Crippen LogP contribution is 2.35. The molecule has 0 saturated carbocycles. The van der Waals surface area contributed by atoms with Crippen LogP contribution in [0.5, 0.6) is 0 Å². The van der Waals surface area contributed by atoms with Crippen LogP contribution in [0, 0.1) is 5.41 Å². The first-order chi connectivity index (χ1) is 9.25. The second-order valence-corrected chi connectivity index (χ2v) is 6.20. The van der Waals surface area contributed by atoms with Crippen molar-refractivity contribution in [2.75, 3.05) is 0 Å². The van der Waals surface area contributed by atoms with Gasteiger partial charge in [0.15, 0.2) is 5.78 Å². The normalized spacial score (nSPS) is 20.9. The average molecular weight is 275 g/mol. The number of allylic oxidation sites excluding steroid dienone is 6. The third kappa shape index (κ3) is 4.80. The Kier molecular flexibility index (Phi) is 5.49. The summed E-state index contributed by atoms with van der Waals surface area (Å²) in [6.45, 7) is 9.96. The van der Waals surface area contributed by atoms with Crippen molar-refractivity contribution >= 4 is 12.0 Å². The molecule has 3 heteroatoms. The Morgan fingerprint density at radius 2 is 2.00 bits per heavy atom. The number of nitrogens with zero attached hydrogens (tertiary/aromatic N) is 1. The maximum atomic E-state index is 12.0. The lowest BCUT2D eigenvalue weighted by Crippen LogP contribution is -2.26. The predicted octanol–water partition coefficient (Wildman–Crippen LogP) is 4.52. The second kappa shape index (κ2) is 6.69. The van der Waals surface area contributed by atoms with E-state index in [2.05, 4.69) is 18.0 Å². The number of hydrogen-bond donors (Lipinski definition) is 1. The number of ketones is 1. The van der Waals surface area contributed by atoms with Crippen molar-refractivity contribution in [1.29, 1.82) is 0 Å². The van der Waals surface area contributed by atoms with E-state index in [1.807, 2.05) is 33.8 Å². The molecule has 0 fully saturated rings. The molecule has 0 radical (unpaired) electrons.